The zero-order chi connectivity index (χ0) is 13.5. The number of nitrogens with one attached hydrogen (secondary N) is 1. The monoisotopic (exact) mass is 251 g/mol. The Hall–Kier alpha value is -2.04. The van der Waals surface area contributed by atoms with Gasteiger partial charge in [0.15, 0.2) is 6.61 Å². The first kappa shape index (κ1) is 14.0. The lowest BCUT2D eigenvalue weighted by Gasteiger charge is -2.10. The second-order valence-electron chi connectivity index (χ2n) is 3.91. The fourth-order valence-electron chi connectivity index (χ4n) is 1.32. The molecule has 2 N–H and O–H groups in total. The minimum atomic E-state index is -1.07. The van der Waals surface area contributed by atoms with Crippen LogP contribution in [0, 0.1) is 0 Å². The molecule has 1 rings (SSSR count). The number of hydrogen-bond donors (Lipinski definition) is 2. The van der Waals surface area contributed by atoms with Gasteiger partial charge in [0.2, 0.25) is 0 Å². The van der Waals surface area contributed by atoms with E-state index < -0.39 is 17.9 Å². The van der Waals surface area contributed by atoms with Crippen LogP contribution in [0.2, 0.25) is 0 Å². The molecule has 1 unspecified atom stereocenters. The molecule has 0 radical (unpaired) electrons. The number of carboxylic acid groups (broad SMARTS) is 1. The quantitative estimate of drug-likeness (QED) is 0.797. The summed E-state index contributed by atoms with van der Waals surface area (Å²) in [6.07, 6.45) is 0.941. The van der Waals surface area contributed by atoms with Crippen molar-refractivity contribution >= 4 is 11.9 Å². The fourth-order valence-corrected chi connectivity index (χ4v) is 1.32. The van der Waals surface area contributed by atoms with Gasteiger partial charge in [0.05, 0.1) is 0 Å². The van der Waals surface area contributed by atoms with Crippen molar-refractivity contribution in [1.29, 1.82) is 0 Å². The average molecular weight is 251 g/mol. The molecule has 1 aromatic carbocycles. The molecule has 5 nitrogen and oxygen atoms in total. The summed E-state index contributed by atoms with van der Waals surface area (Å²) in [6, 6.07) is 6.50. The lowest BCUT2D eigenvalue weighted by atomic mass is 10.2. The van der Waals surface area contributed by atoms with E-state index >= 15 is 0 Å². The third kappa shape index (κ3) is 4.45. The first-order valence-corrected chi connectivity index (χ1v) is 5.76. The number of carboxylic acids is 1. The number of amides is 1. The van der Waals surface area contributed by atoms with Crippen LogP contribution >= 0.6 is 0 Å². The Bertz CT molecular complexity index is 414. The molecule has 0 heterocycles. The van der Waals surface area contributed by atoms with Crippen LogP contribution in [0.4, 0.5) is 0 Å². The fraction of sp³-hybridized carbons (Fsp3) is 0.385. The summed E-state index contributed by atoms with van der Waals surface area (Å²) < 4.78 is 5.24. The van der Waals surface area contributed by atoms with Crippen LogP contribution < -0.4 is 10.1 Å². The molecule has 0 saturated carbocycles. The molecule has 5 heteroatoms. The van der Waals surface area contributed by atoms with E-state index in [9.17, 15) is 9.59 Å². The third-order valence-corrected chi connectivity index (χ3v) is 2.45. The van der Waals surface area contributed by atoms with Crippen molar-refractivity contribution in [3.8, 4) is 5.75 Å². The summed E-state index contributed by atoms with van der Waals surface area (Å²) in [5.74, 6) is -0.939. The van der Waals surface area contributed by atoms with E-state index in [1.54, 1.807) is 12.1 Å². The number of benzene rings is 1. The maximum absolute atomic E-state index is 11.4. The van der Waals surface area contributed by atoms with Crippen LogP contribution in [0.25, 0.3) is 0 Å². The first-order valence-electron chi connectivity index (χ1n) is 5.76. The highest BCUT2D eigenvalue weighted by Crippen LogP contribution is 2.12. The molecule has 18 heavy (non-hydrogen) atoms. The number of rotatable bonds is 6. The van der Waals surface area contributed by atoms with Gasteiger partial charge >= 0.3 is 5.97 Å². The zero-order valence-corrected chi connectivity index (χ0v) is 10.5. The van der Waals surface area contributed by atoms with E-state index in [0.717, 1.165) is 6.42 Å². The Kier molecular flexibility index (Phi) is 5.17. The molecule has 0 fully saturated rings. The van der Waals surface area contributed by atoms with E-state index in [2.05, 4.69) is 12.2 Å². The summed E-state index contributed by atoms with van der Waals surface area (Å²) in [5, 5.41) is 10.9. The summed E-state index contributed by atoms with van der Waals surface area (Å²) in [6.45, 7) is 3.26. The Balaban J connectivity index is 2.40. The van der Waals surface area contributed by atoms with Crippen LogP contribution in [0.15, 0.2) is 24.3 Å². The minimum absolute atomic E-state index is 0.191. The summed E-state index contributed by atoms with van der Waals surface area (Å²) in [4.78, 5) is 21.9. The molecule has 1 atom stereocenters. The van der Waals surface area contributed by atoms with E-state index in [1.807, 2.05) is 12.1 Å². The predicted molar refractivity (Wildman–Crippen MR) is 66.6 cm³/mol. The first-order chi connectivity index (χ1) is 8.52. The normalized spacial score (nSPS) is 11.7. The molecule has 0 aliphatic heterocycles. The summed E-state index contributed by atoms with van der Waals surface area (Å²) >= 11 is 0. The maximum atomic E-state index is 11.4. The zero-order valence-electron chi connectivity index (χ0n) is 10.5. The number of carbonyl (C=O) groups is 2. The van der Waals surface area contributed by atoms with Crippen LogP contribution in [-0.2, 0) is 16.0 Å². The van der Waals surface area contributed by atoms with Crippen molar-refractivity contribution in [2.45, 2.75) is 26.3 Å². The van der Waals surface area contributed by atoms with E-state index in [1.165, 1.54) is 12.5 Å². The number of aliphatic carboxylic acids is 1. The molecule has 0 aliphatic rings. The van der Waals surface area contributed by atoms with Gasteiger partial charge in [-0.25, -0.2) is 0 Å². The predicted octanol–water partition coefficient (Wildman–Crippen LogP) is 1.22. The van der Waals surface area contributed by atoms with Crippen molar-refractivity contribution in [3.05, 3.63) is 29.8 Å². The Morgan fingerprint density at radius 1 is 1.33 bits per heavy atom. The Morgan fingerprint density at radius 3 is 2.44 bits per heavy atom. The molecule has 0 spiro atoms. The molecule has 0 saturated heterocycles. The van der Waals surface area contributed by atoms with Crippen LogP contribution in [0.3, 0.4) is 0 Å². The number of carbonyl (C=O) groups excluding carboxylic acids is 1. The lowest BCUT2D eigenvalue weighted by molar-refractivity contribution is -0.141. The smallest absolute Gasteiger partial charge is 0.325 e. The van der Waals surface area contributed by atoms with Gasteiger partial charge in [0.1, 0.15) is 11.8 Å². The van der Waals surface area contributed by atoms with E-state index in [4.69, 9.17) is 9.84 Å². The van der Waals surface area contributed by atoms with Crippen molar-refractivity contribution in [3.63, 3.8) is 0 Å². The molecule has 0 aliphatic carbocycles. The van der Waals surface area contributed by atoms with Gasteiger partial charge in [-0.15, -0.1) is 0 Å². The summed E-state index contributed by atoms with van der Waals surface area (Å²) in [7, 11) is 0. The maximum Gasteiger partial charge on any atom is 0.325 e. The Morgan fingerprint density at radius 2 is 1.94 bits per heavy atom. The largest absolute Gasteiger partial charge is 0.484 e. The van der Waals surface area contributed by atoms with Gasteiger partial charge in [-0.1, -0.05) is 19.1 Å². The minimum Gasteiger partial charge on any atom is -0.484 e. The molecular formula is C13H17NO4. The van der Waals surface area contributed by atoms with Crippen LogP contribution in [-0.4, -0.2) is 29.6 Å². The van der Waals surface area contributed by atoms with Gasteiger partial charge in [-0.2, -0.15) is 0 Å². The average Bonchev–Trinajstić information content (AvgIpc) is 2.36. The van der Waals surface area contributed by atoms with Crippen molar-refractivity contribution in [2.24, 2.45) is 0 Å². The molecule has 1 amide bonds. The van der Waals surface area contributed by atoms with Gasteiger partial charge in [0.25, 0.3) is 5.91 Å². The molecular weight excluding hydrogens is 234 g/mol. The van der Waals surface area contributed by atoms with Crippen molar-refractivity contribution in [1.82, 2.24) is 5.32 Å². The van der Waals surface area contributed by atoms with Gasteiger partial charge in [-0.3, -0.25) is 9.59 Å². The highest BCUT2D eigenvalue weighted by Gasteiger charge is 2.13. The molecule has 1 aromatic rings. The van der Waals surface area contributed by atoms with E-state index in [-0.39, 0.29) is 6.61 Å². The van der Waals surface area contributed by atoms with Gasteiger partial charge in [-0.05, 0) is 31.0 Å². The lowest BCUT2D eigenvalue weighted by Crippen LogP contribution is -2.40. The second-order valence-corrected chi connectivity index (χ2v) is 3.91. The van der Waals surface area contributed by atoms with E-state index in [0.29, 0.717) is 5.75 Å². The van der Waals surface area contributed by atoms with Gasteiger partial charge in [0, 0.05) is 0 Å². The third-order valence-electron chi connectivity index (χ3n) is 2.45. The molecule has 0 aromatic heterocycles. The van der Waals surface area contributed by atoms with Crippen LogP contribution in [0.1, 0.15) is 19.4 Å². The van der Waals surface area contributed by atoms with Gasteiger partial charge < -0.3 is 15.2 Å². The van der Waals surface area contributed by atoms with Crippen molar-refractivity contribution < 1.29 is 19.4 Å². The standard InChI is InChI=1S/C13H17NO4/c1-3-10-4-6-11(7-5-10)18-8-12(15)14-9(2)13(16)17/h4-7,9H,3,8H2,1-2H3,(H,14,15)(H,16,17). The highest BCUT2D eigenvalue weighted by atomic mass is 16.5. The second kappa shape index (κ2) is 6.64. The highest BCUT2D eigenvalue weighted by molar-refractivity contribution is 5.84. The number of hydrogen-bond acceptors (Lipinski definition) is 3. The summed E-state index contributed by atoms with van der Waals surface area (Å²) in [5.41, 5.74) is 1.19. The number of ether oxygens (including phenoxy) is 1. The van der Waals surface area contributed by atoms with Crippen LogP contribution in [0.5, 0.6) is 5.75 Å². The molecule has 98 valence electrons. The SMILES string of the molecule is CCc1ccc(OCC(=O)NC(C)C(=O)O)cc1. The number of aryl methyl sites for hydroxylation is 1. The molecule has 0 bridgehead atoms. The van der Waals surface area contributed by atoms with Crippen molar-refractivity contribution in [2.75, 3.05) is 6.61 Å². The Labute approximate surface area is 106 Å². The topological polar surface area (TPSA) is 75.6 Å².